The van der Waals surface area contributed by atoms with Crippen LogP contribution in [0.5, 0.6) is 5.75 Å². The molecule has 0 bridgehead atoms. The summed E-state index contributed by atoms with van der Waals surface area (Å²) in [6.45, 7) is 5.19. The van der Waals surface area contributed by atoms with Crippen LogP contribution in [0.25, 0.3) is 10.8 Å². The predicted octanol–water partition coefficient (Wildman–Crippen LogP) is 6.00. The molecule has 188 valence electrons. The van der Waals surface area contributed by atoms with E-state index in [0.717, 1.165) is 10.9 Å². The molecule has 2 amide bonds. The van der Waals surface area contributed by atoms with Crippen LogP contribution < -0.4 is 10.2 Å². The van der Waals surface area contributed by atoms with E-state index >= 15 is 4.39 Å². The maximum absolute atomic E-state index is 15.4. The predicted molar refractivity (Wildman–Crippen MR) is 140 cm³/mol. The fraction of sp³-hybridized carbons (Fsp3) is 0.200. The second-order valence-corrected chi connectivity index (χ2v) is 10.1. The van der Waals surface area contributed by atoms with Crippen molar-refractivity contribution in [2.75, 3.05) is 4.90 Å². The Morgan fingerprint density at radius 2 is 1.65 bits per heavy atom. The summed E-state index contributed by atoms with van der Waals surface area (Å²) in [7, 11) is 0. The molecule has 1 atom stereocenters. The molecule has 1 aliphatic rings. The third-order valence-electron chi connectivity index (χ3n) is 6.40. The Labute approximate surface area is 214 Å². The van der Waals surface area contributed by atoms with Gasteiger partial charge in [0.25, 0.3) is 5.91 Å². The molecule has 6 nitrogen and oxygen atoms in total. The molecule has 37 heavy (non-hydrogen) atoms. The molecule has 5 rings (SSSR count). The number of anilines is 1. The van der Waals surface area contributed by atoms with Gasteiger partial charge < -0.3 is 14.7 Å². The van der Waals surface area contributed by atoms with Crippen LogP contribution in [0.4, 0.5) is 14.9 Å². The summed E-state index contributed by atoms with van der Waals surface area (Å²) in [6, 6.07) is 24.0. The minimum Gasteiger partial charge on any atom is -0.507 e. The summed E-state index contributed by atoms with van der Waals surface area (Å²) in [5.74, 6) is -1.40. The van der Waals surface area contributed by atoms with Crippen LogP contribution in [-0.4, -0.2) is 22.7 Å². The molecule has 1 aliphatic heterocycles. The number of phenolic OH excluding ortho intramolecular Hbond substituents is 1. The number of halogens is 1. The molecular weight excluding hydrogens is 471 g/mol. The van der Waals surface area contributed by atoms with E-state index < -0.39 is 29.0 Å². The first-order valence-corrected chi connectivity index (χ1v) is 12.0. The van der Waals surface area contributed by atoms with Crippen LogP contribution in [0, 0.1) is 5.82 Å². The summed E-state index contributed by atoms with van der Waals surface area (Å²) in [5.41, 5.74) is -1.62. The Kier molecular flexibility index (Phi) is 5.86. The van der Waals surface area contributed by atoms with Crippen molar-refractivity contribution >= 4 is 28.5 Å². The largest absolute Gasteiger partial charge is 0.507 e. The molecule has 1 heterocycles. The van der Waals surface area contributed by atoms with Crippen LogP contribution in [0.3, 0.4) is 0 Å². The SMILES string of the molecule is CC(C)(C)OC(=O)N[C@@]1(c2ccc3ccccc3c2O)C(=O)N(Cc2ccccc2)c2c(F)cccc21. The number of carbonyl (C=O) groups excluding carboxylic acids is 2. The minimum absolute atomic E-state index is 0.0416. The van der Waals surface area contributed by atoms with E-state index in [1.165, 1.54) is 17.0 Å². The molecule has 7 heteroatoms. The fourth-order valence-corrected chi connectivity index (χ4v) is 4.89. The number of hydrogen-bond donors (Lipinski definition) is 2. The lowest BCUT2D eigenvalue weighted by Crippen LogP contribution is -2.54. The maximum atomic E-state index is 15.4. The number of phenols is 1. The van der Waals surface area contributed by atoms with E-state index in [9.17, 15) is 14.7 Å². The molecule has 0 saturated carbocycles. The Morgan fingerprint density at radius 3 is 2.38 bits per heavy atom. The van der Waals surface area contributed by atoms with Crippen LogP contribution in [0.1, 0.15) is 37.5 Å². The van der Waals surface area contributed by atoms with Crippen molar-refractivity contribution < 1.29 is 23.8 Å². The van der Waals surface area contributed by atoms with Gasteiger partial charge in [0.15, 0.2) is 5.54 Å². The average molecular weight is 499 g/mol. The van der Waals surface area contributed by atoms with E-state index in [1.807, 2.05) is 42.5 Å². The second-order valence-electron chi connectivity index (χ2n) is 10.1. The van der Waals surface area contributed by atoms with Gasteiger partial charge in [-0.1, -0.05) is 78.9 Å². The van der Waals surface area contributed by atoms with Crippen molar-refractivity contribution in [1.82, 2.24) is 5.32 Å². The van der Waals surface area contributed by atoms with Crippen molar-refractivity contribution in [2.24, 2.45) is 0 Å². The van der Waals surface area contributed by atoms with Gasteiger partial charge in [0.05, 0.1) is 12.2 Å². The second kappa shape index (κ2) is 8.92. The molecular formula is C30H27FN2O4. The number of para-hydroxylation sites is 1. The van der Waals surface area contributed by atoms with E-state index in [-0.39, 0.29) is 29.1 Å². The van der Waals surface area contributed by atoms with Gasteiger partial charge in [0.1, 0.15) is 17.2 Å². The number of amides is 2. The standard InChI is InChI=1S/C30H27FN2O4/c1-29(2,3)37-28(36)32-30(23-17-16-20-12-7-8-13-21(20)26(23)34)22-14-9-15-24(31)25(22)33(27(30)35)18-19-10-5-4-6-11-19/h4-17,34H,18H2,1-3H3,(H,32,36)/t30-/m0/s1. The van der Waals surface area contributed by atoms with Crippen LogP contribution >= 0.6 is 0 Å². The first-order chi connectivity index (χ1) is 17.6. The van der Waals surface area contributed by atoms with E-state index in [2.05, 4.69) is 5.32 Å². The van der Waals surface area contributed by atoms with E-state index in [4.69, 9.17) is 4.74 Å². The lowest BCUT2D eigenvalue weighted by molar-refractivity contribution is -0.123. The number of benzene rings is 4. The molecule has 0 unspecified atom stereocenters. The van der Waals surface area contributed by atoms with Gasteiger partial charge in [-0.2, -0.15) is 0 Å². The van der Waals surface area contributed by atoms with Gasteiger partial charge in [-0.3, -0.25) is 10.1 Å². The van der Waals surface area contributed by atoms with Crippen molar-refractivity contribution in [3.05, 3.63) is 107 Å². The highest BCUT2D eigenvalue weighted by atomic mass is 19.1. The zero-order valence-electron chi connectivity index (χ0n) is 20.8. The molecule has 0 spiro atoms. The zero-order chi connectivity index (χ0) is 26.4. The number of carbonyl (C=O) groups is 2. The molecule has 4 aromatic carbocycles. The number of hydrogen-bond acceptors (Lipinski definition) is 4. The number of fused-ring (bicyclic) bond motifs is 2. The lowest BCUT2D eigenvalue weighted by atomic mass is 9.82. The van der Waals surface area contributed by atoms with Crippen LogP contribution in [-0.2, 0) is 21.6 Å². The van der Waals surface area contributed by atoms with E-state index in [0.29, 0.717) is 5.39 Å². The third-order valence-corrected chi connectivity index (χ3v) is 6.40. The molecule has 0 radical (unpaired) electrons. The number of nitrogens with zero attached hydrogens (tertiary/aromatic N) is 1. The first-order valence-electron chi connectivity index (χ1n) is 12.0. The Bertz CT molecular complexity index is 1510. The summed E-state index contributed by atoms with van der Waals surface area (Å²) in [4.78, 5) is 28.9. The Morgan fingerprint density at radius 1 is 0.946 bits per heavy atom. The molecule has 2 N–H and O–H groups in total. The van der Waals surface area contributed by atoms with Gasteiger partial charge in [-0.15, -0.1) is 0 Å². The van der Waals surface area contributed by atoms with Crippen molar-refractivity contribution in [2.45, 2.75) is 38.5 Å². The number of alkyl carbamates (subject to hydrolysis) is 1. The highest BCUT2D eigenvalue weighted by molar-refractivity contribution is 6.12. The maximum Gasteiger partial charge on any atom is 0.409 e. The normalized spacial score (nSPS) is 17.1. The summed E-state index contributed by atoms with van der Waals surface area (Å²) in [6.07, 6.45) is -0.870. The topological polar surface area (TPSA) is 78.9 Å². The van der Waals surface area contributed by atoms with Gasteiger partial charge in [0, 0.05) is 16.5 Å². The smallest absolute Gasteiger partial charge is 0.409 e. The Hall–Kier alpha value is -4.39. The monoisotopic (exact) mass is 498 g/mol. The highest BCUT2D eigenvalue weighted by Crippen LogP contribution is 2.50. The summed E-state index contributed by atoms with van der Waals surface area (Å²) in [5, 5.41) is 15.4. The molecule has 0 saturated heterocycles. The lowest BCUT2D eigenvalue weighted by Gasteiger charge is -2.32. The van der Waals surface area contributed by atoms with Crippen molar-refractivity contribution in [3.8, 4) is 5.75 Å². The van der Waals surface area contributed by atoms with Gasteiger partial charge in [-0.05, 0) is 37.8 Å². The van der Waals surface area contributed by atoms with Gasteiger partial charge in [0.2, 0.25) is 0 Å². The van der Waals surface area contributed by atoms with Gasteiger partial charge >= 0.3 is 6.09 Å². The van der Waals surface area contributed by atoms with Gasteiger partial charge in [-0.25, -0.2) is 9.18 Å². The summed E-state index contributed by atoms with van der Waals surface area (Å²) < 4.78 is 21.0. The number of nitrogens with one attached hydrogen (secondary N) is 1. The average Bonchev–Trinajstić information content (AvgIpc) is 3.08. The fourth-order valence-electron chi connectivity index (χ4n) is 4.89. The van der Waals surface area contributed by atoms with Crippen LogP contribution in [0.2, 0.25) is 0 Å². The van der Waals surface area contributed by atoms with Crippen molar-refractivity contribution in [1.29, 1.82) is 0 Å². The third kappa shape index (κ3) is 4.16. The molecule has 4 aromatic rings. The molecule has 0 fully saturated rings. The zero-order valence-corrected chi connectivity index (χ0v) is 20.8. The first kappa shape index (κ1) is 24.3. The number of aromatic hydroxyl groups is 1. The van der Waals surface area contributed by atoms with Crippen molar-refractivity contribution in [3.63, 3.8) is 0 Å². The highest BCUT2D eigenvalue weighted by Gasteiger charge is 2.56. The van der Waals surface area contributed by atoms with Crippen LogP contribution in [0.15, 0.2) is 84.9 Å². The number of rotatable bonds is 4. The number of ether oxygens (including phenoxy) is 1. The Balaban J connectivity index is 1.76. The molecule has 0 aromatic heterocycles. The van der Waals surface area contributed by atoms with E-state index in [1.54, 1.807) is 51.1 Å². The quantitative estimate of drug-likeness (QED) is 0.362. The molecule has 0 aliphatic carbocycles. The minimum atomic E-state index is -1.93. The summed E-state index contributed by atoms with van der Waals surface area (Å²) >= 11 is 0.